The first kappa shape index (κ1) is 32.2. The minimum absolute atomic E-state index is 0.0836. The van der Waals surface area contributed by atoms with Crippen LogP contribution in [-0.4, -0.2) is 89.0 Å². The molecule has 2 aliphatic rings. The lowest BCUT2D eigenvalue weighted by molar-refractivity contribution is -0.192. The van der Waals surface area contributed by atoms with E-state index < -0.39 is 12.1 Å². The Morgan fingerprint density at radius 2 is 1.91 bits per heavy atom. The highest BCUT2D eigenvalue weighted by atomic mass is 35.5. The van der Waals surface area contributed by atoms with Crippen molar-refractivity contribution in [2.45, 2.75) is 37.5 Å². The molecule has 4 aromatic rings. The number of carboxylic acids is 1. The molecule has 10 nitrogen and oxygen atoms in total. The number of benzene rings is 2. The molecule has 2 aromatic carbocycles. The Labute approximate surface area is 262 Å². The highest BCUT2D eigenvalue weighted by Gasteiger charge is 2.38. The van der Waals surface area contributed by atoms with Crippen LogP contribution in [0, 0.1) is 11.3 Å². The van der Waals surface area contributed by atoms with E-state index in [1.54, 1.807) is 0 Å². The summed E-state index contributed by atoms with van der Waals surface area (Å²) in [7, 11) is 2.13. The number of hydrogen-bond acceptors (Lipinski definition) is 9. The number of nitrogens with zero attached hydrogens (tertiary/aromatic N) is 6. The van der Waals surface area contributed by atoms with E-state index in [4.69, 9.17) is 41.2 Å². The van der Waals surface area contributed by atoms with E-state index >= 15 is 0 Å². The van der Waals surface area contributed by atoms with Gasteiger partial charge in [0.25, 0.3) is 0 Å². The van der Waals surface area contributed by atoms with Gasteiger partial charge in [0, 0.05) is 47.7 Å². The van der Waals surface area contributed by atoms with Crippen molar-refractivity contribution >= 4 is 45.2 Å². The predicted molar refractivity (Wildman–Crippen MR) is 164 cm³/mol. The second-order valence-electron chi connectivity index (χ2n) is 10.9. The summed E-state index contributed by atoms with van der Waals surface area (Å²) in [5, 5.41) is 23.4. The second-order valence-corrected chi connectivity index (χ2v) is 11.3. The summed E-state index contributed by atoms with van der Waals surface area (Å²) < 4.78 is 37.9. The molecule has 236 valence electrons. The maximum Gasteiger partial charge on any atom is 0.490 e. The number of carbonyl (C=O) groups is 1. The molecule has 0 amide bonds. The second kappa shape index (κ2) is 13.8. The SMILES string of the molecule is CN1CCC[C@H]1COc1nc(N2CCN[C@@H](CC#N)C2)c2ccc(-c3cccc4cccc(Cl)c34)nc2n1.O=C(O)C(F)(F)F. The third kappa shape index (κ3) is 7.53. The van der Waals surface area contributed by atoms with Gasteiger partial charge in [-0.3, -0.25) is 0 Å². The number of carboxylic acid groups (broad SMARTS) is 1. The van der Waals surface area contributed by atoms with Crippen molar-refractivity contribution in [2.75, 3.05) is 44.7 Å². The number of piperazine rings is 1. The number of nitrogens with one attached hydrogen (secondary N) is 1. The van der Waals surface area contributed by atoms with Gasteiger partial charge in [0.1, 0.15) is 12.4 Å². The van der Waals surface area contributed by atoms with Crippen LogP contribution in [0.25, 0.3) is 33.1 Å². The quantitative estimate of drug-likeness (QED) is 0.286. The minimum Gasteiger partial charge on any atom is -0.475 e. The molecule has 0 saturated carbocycles. The van der Waals surface area contributed by atoms with Gasteiger partial charge in [0.2, 0.25) is 0 Å². The third-order valence-corrected chi connectivity index (χ3v) is 8.18. The van der Waals surface area contributed by atoms with Crippen molar-refractivity contribution < 1.29 is 27.8 Å². The molecule has 4 heterocycles. The van der Waals surface area contributed by atoms with Crippen LogP contribution in [0.4, 0.5) is 19.0 Å². The Morgan fingerprint density at radius 1 is 1.16 bits per heavy atom. The zero-order chi connectivity index (χ0) is 32.1. The van der Waals surface area contributed by atoms with Gasteiger partial charge in [-0.05, 0) is 50.0 Å². The van der Waals surface area contributed by atoms with Gasteiger partial charge in [0.15, 0.2) is 5.65 Å². The highest BCUT2D eigenvalue weighted by molar-refractivity contribution is 6.36. The van der Waals surface area contributed by atoms with Crippen molar-refractivity contribution in [1.82, 2.24) is 25.2 Å². The highest BCUT2D eigenvalue weighted by Crippen LogP contribution is 2.35. The molecule has 2 aromatic heterocycles. The standard InChI is InChI=1S/C29H30ClN7O.C2HF3O2/c1-36-15-4-7-21(36)18-38-29-34-27-23(28(35-29)37-16-14-32-20(17-37)12-13-31)10-11-25(33-27)22-8-2-5-19-6-3-9-24(30)26(19)22;3-2(4,5)1(6)7/h2-3,5-6,8-11,20-21,32H,4,7,12,14-18H2,1H3;(H,6,7)/t20-,21-;/m0./s1. The number of aromatic nitrogens is 3. The van der Waals surface area contributed by atoms with Crippen LogP contribution in [0.3, 0.4) is 0 Å². The number of aliphatic carboxylic acids is 1. The number of anilines is 1. The molecule has 0 unspecified atom stereocenters. The van der Waals surface area contributed by atoms with E-state index in [1.807, 2.05) is 36.4 Å². The summed E-state index contributed by atoms with van der Waals surface area (Å²) in [6.07, 6.45) is -2.36. The monoisotopic (exact) mass is 641 g/mol. The number of nitriles is 1. The van der Waals surface area contributed by atoms with E-state index in [-0.39, 0.29) is 6.04 Å². The van der Waals surface area contributed by atoms with Gasteiger partial charge in [0.05, 0.1) is 23.6 Å². The molecule has 0 bridgehead atoms. The van der Waals surface area contributed by atoms with Gasteiger partial charge < -0.3 is 25.0 Å². The summed E-state index contributed by atoms with van der Waals surface area (Å²) in [5.74, 6) is -1.96. The molecule has 2 fully saturated rings. The van der Waals surface area contributed by atoms with Gasteiger partial charge in [-0.2, -0.15) is 28.4 Å². The first-order valence-corrected chi connectivity index (χ1v) is 14.8. The number of likely N-dealkylation sites (N-methyl/N-ethyl adjacent to an activating group) is 1. The normalized spacial score (nSPS) is 18.8. The maximum atomic E-state index is 10.6. The van der Waals surface area contributed by atoms with Crippen LogP contribution < -0.4 is 15.0 Å². The van der Waals surface area contributed by atoms with Crippen LogP contribution in [0.5, 0.6) is 6.01 Å². The molecule has 2 N–H and O–H groups in total. The van der Waals surface area contributed by atoms with E-state index in [2.05, 4.69) is 40.4 Å². The average Bonchev–Trinajstić information content (AvgIpc) is 3.43. The first-order chi connectivity index (χ1) is 21.5. The van der Waals surface area contributed by atoms with Crippen LogP contribution in [-0.2, 0) is 4.79 Å². The minimum atomic E-state index is -5.08. The fourth-order valence-electron chi connectivity index (χ4n) is 5.56. The fraction of sp³-hybridized carbons (Fsp3) is 0.387. The summed E-state index contributed by atoms with van der Waals surface area (Å²) in [5.41, 5.74) is 2.34. The molecule has 0 radical (unpaired) electrons. The van der Waals surface area contributed by atoms with Crippen molar-refractivity contribution in [3.8, 4) is 23.3 Å². The van der Waals surface area contributed by atoms with E-state index in [0.29, 0.717) is 42.3 Å². The molecule has 0 spiro atoms. The van der Waals surface area contributed by atoms with Crippen LogP contribution >= 0.6 is 11.6 Å². The summed E-state index contributed by atoms with van der Waals surface area (Å²) in [4.78, 5) is 28.1. The Bertz CT molecular complexity index is 1730. The topological polar surface area (TPSA) is 128 Å². The smallest absolute Gasteiger partial charge is 0.475 e. The number of fused-ring (bicyclic) bond motifs is 2. The molecular formula is C31H31ClF3N7O3. The van der Waals surface area contributed by atoms with Gasteiger partial charge in [-0.15, -0.1) is 0 Å². The summed E-state index contributed by atoms with van der Waals surface area (Å²) >= 11 is 6.62. The largest absolute Gasteiger partial charge is 0.490 e. The Balaban J connectivity index is 0.000000515. The van der Waals surface area contributed by atoms with E-state index in [1.165, 1.54) is 6.42 Å². The zero-order valence-electron chi connectivity index (χ0n) is 24.4. The van der Waals surface area contributed by atoms with E-state index in [0.717, 1.165) is 59.3 Å². The molecule has 0 aliphatic carbocycles. The Kier molecular flexibility index (Phi) is 9.86. The number of pyridine rings is 1. The molecule has 2 atom stereocenters. The maximum absolute atomic E-state index is 10.6. The number of alkyl halides is 3. The molecule has 45 heavy (non-hydrogen) atoms. The van der Waals surface area contributed by atoms with Crippen molar-refractivity contribution in [1.29, 1.82) is 5.26 Å². The number of rotatable bonds is 6. The summed E-state index contributed by atoms with van der Waals surface area (Å²) in [6, 6.07) is 19.1. The molecule has 14 heteroatoms. The lowest BCUT2D eigenvalue weighted by atomic mass is 10.0. The van der Waals surface area contributed by atoms with E-state index in [9.17, 15) is 18.4 Å². The number of hydrogen-bond donors (Lipinski definition) is 2. The average molecular weight is 642 g/mol. The fourth-order valence-corrected chi connectivity index (χ4v) is 5.85. The number of halogens is 4. The first-order valence-electron chi connectivity index (χ1n) is 14.4. The zero-order valence-corrected chi connectivity index (χ0v) is 25.1. The lowest BCUT2D eigenvalue weighted by Gasteiger charge is -2.34. The van der Waals surface area contributed by atoms with Crippen LogP contribution in [0.15, 0.2) is 48.5 Å². The van der Waals surface area contributed by atoms with Gasteiger partial charge >= 0.3 is 18.2 Å². The van der Waals surface area contributed by atoms with Gasteiger partial charge in [-0.25, -0.2) is 9.78 Å². The predicted octanol–water partition coefficient (Wildman–Crippen LogP) is 5.30. The summed E-state index contributed by atoms with van der Waals surface area (Å²) in [6.45, 7) is 3.86. The van der Waals surface area contributed by atoms with Crippen molar-refractivity contribution in [3.05, 3.63) is 53.6 Å². The van der Waals surface area contributed by atoms with Crippen LogP contribution in [0.1, 0.15) is 19.3 Å². The van der Waals surface area contributed by atoms with Crippen molar-refractivity contribution in [2.24, 2.45) is 0 Å². The van der Waals surface area contributed by atoms with Crippen LogP contribution in [0.2, 0.25) is 5.02 Å². The Hall–Kier alpha value is -4.25. The molecule has 2 aliphatic heterocycles. The Morgan fingerprint density at radius 3 is 2.60 bits per heavy atom. The lowest BCUT2D eigenvalue weighted by Crippen LogP contribution is -2.51. The number of likely N-dealkylation sites (tertiary alicyclic amines) is 1. The number of ether oxygens (including phenoxy) is 1. The van der Waals surface area contributed by atoms with Crippen molar-refractivity contribution in [3.63, 3.8) is 0 Å². The molecular weight excluding hydrogens is 611 g/mol. The molecule has 6 rings (SSSR count). The third-order valence-electron chi connectivity index (χ3n) is 7.86. The van der Waals surface area contributed by atoms with Gasteiger partial charge in [-0.1, -0.05) is 41.9 Å². The molecule has 2 saturated heterocycles.